The summed E-state index contributed by atoms with van der Waals surface area (Å²) in [4.78, 5) is 0. The summed E-state index contributed by atoms with van der Waals surface area (Å²) in [5.41, 5.74) is 0.921. The van der Waals surface area contributed by atoms with E-state index >= 15 is 0 Å². The number of ether oxygens (including phenoxy) is 1. The second kappa shape index (κ2) is 7.02. The summed E-state index contributed by atoms with van der Waals surface area (Å²) in [5.74, 6) is 0. The van der Waals surface area contributed by atoms with E-state index in [2.05, 4.69) is 27.4 Å². The van der Waals surface area contributed by atoms with Crippen LogP contribution in [0.25, 0.3) is 0 Å². The molecule has 2 nitrogen and oxygen atoms in total. The molecule has 90 valence electrons. The van der Waals surface area contributed by atoms with Crippen molar-refractivity contribution in [3.63, 3.8) is 0 Å². The van der Waals surface area contributed by atoms with Gasteiger partial charge in [0.2, 0.25) is 0 Å². The van der Waals surface area contributed by atoms with Gasteiger partial charge in [-0.05, 0) is 33.1 Å². The van der Waals surface area contributed by atoms with E-state index in [1.54, 1.807) is 0 Å². The molecule has 0 aromatic carbocycles. The monoisotopic (exact) mass is 214 g/mol. The number of aliphatic hydroxyl groups excluding tert-OH is 1. The maximum absolute atomic E-state index is 9.66. The molecule has 0 saturated heterocycles. The van der Waals surface area contributed by atoms with Gasteiger partial charge >= 0.3 is 0 Å². The summed E-state index contributed by atoms with van der Waals surface area (Å²) in [6.45, 7) is 12.5. The first-order valence-electron chi connectivity index (χ1n) is 5.90. The van der Waals surface area contributed by atoms with E-state index < -0.39 is 6.10 Å². The van der Waals surface area contributed by atoms with Crippen molar-refractivity contribution in [1.29, 1.82) is 0 Å². The summed E-state index contributed by atoms with van der Waals surface area (Å²) >= 11 is 0. The molecule has 0 aliphatic heterocycles. The Kier molecular flexibility index (Phi) is 6.86. The Labute approximate surface area is 94.3 Å². The highest BCUT2D eigenvalue weighted by Gasteiger charge is 2.22. The molecule has 0 bridgehead atoms. The number of hydrogen-bond acceptors (Lipinski definition) is 2. The zero-order chi connectivity index (χ0) is 11.9. The highest BCUT2D eigenvalue weighted by Crippen LogP contribution is 2.22. The van der Waals surface area contributed by atoms with Crippen molar-refractivity contribution in [2.24, 2.45) is 0 Å². The largest absolute Gasteiger partial charge is 0.390 e. The molecule has 0 heterocycles. The maximum atomic E-state index is 9.66. The van der Waals surface area contributed by atoms with E-state index in [4.69, 9.17) is 4.74 Å². The molecule has 1 unspecified atom stereocenters. The minimum absolute atomic E-state index is 0.0786. The van der Waals surface area contributed by atoms with Crippen LogP contribution in [-0.4, -0.2) is 23.4 Å². The second-order valence-electron chi connectivity index (χ2n) is 4.68. The van der Waals surface area contributed by atoms with Gasteiger partial charge in [-0.25, -0.2) is 0 Å². The van der Waals surface area contributed by atoms with Crippen molar-refractivity contribution >= 4 is 0 Å². The molecule has 0 saturated carbocycles. The lowest BCUT2D eigenvalue weighted by Crippen LogP contribution is -2.31. The van der Waals surface area contributed by atoms with Crippen LogP contribution < -0.4 is 0 Å². The van der Waals surface area contributed by atoms with Gasteiger partial charge in [0.1, 0.15) is 0 Å². The third kappa shape index (κ3) is 6.69. The molecule has 0 spiro atoms. The van der Waals surface area contributed by atoms with Gasteiger partial charge in [-0.15, -0.1) is 6.58 Å². The Morgan fingerprint density at radius 1 is 1.47 bits per heavy atom. The topological polar surface area (TPSA) is 29.5 Å². The molecule has 0 aliphatic carbocycles. The molecule has 0 radical (unpaired) electrons. The van der Waals surface area contributed by atoms with Crippen LogP contribution in [0.3, 0.4) is 0 Å². The van der Waals surface area contributed by atoms with Crippen LogP contribution in [0, 0.1) is 0 Å². The highest BCUT2D eigenvalue weighted by atomic mass is 16.5. The Morgan fingerprint density at radius 3 is 2.47 bits per heavy atom. The minimum atomic E-state index is -0.412. The van der Waals surface area contributed by atoms with E-state index in [0.29, 0.717) is 13.0 Å². The van der Waals surface area contributed by atoms with E-state index in [0.717, 1.165) is 24.8 Å². The second-order valence-corrected chi connectivity index (χ2v) is 4.68. The summed E-state index contributed by atoms with van der Waals surface area (Å²) in [7, 11) is 0. The Hall–Kier alpha value is -0.340. The molecule has 0 fully saturated rings. The van der Waals surface area contributed by atoms with Gasteiger partial charge in [0.25, 0.3) is 0 Å². The first kappa shape index (κ1) is 14.7. The number of hydrogen-bond donors (Lipinski definition) is 1. The molecular weight excluding hydrogens is 188 g/mol. The Balaban J connectivity index is 3.94. The highest BCUT2D eigenvalue weighted by molar-refractivity contribution is 4.90. The van der Waals surface area contributed by atoms with Crippen LogP contribution in [0.15, 0.2) is 12.2 Å². The SMILES string of the molecule is C=C(C)C[C@H](O)COC(C)(CC)CCC. The van der Waals surface area contributed by atoms with Crippen LogP contribution >= 0.6 is 0 Å². The van der Waals surface area contributed by atoms with Crippen molar-refractivity contribution in [3.05, 3.63) is 12.2 Å². The molecule has 0 rings (SSSR count). The predicted molar refractivity (Wildman–Crippen MR) is 65.0 cm³/mol. The zero-order valence-electron chi connectivity index (χ0n) is 10.7. The predicted octanol–water partition coefficient (Wildman–Crippen LogP) is 3.30. The Bertz CT molecular complexity index is 189. The fourth-order valence-electron chi connectivity index (χ4n) is 1.64. The molecule has 0 aromatic heterocycles. The first-order valence-corrected chi connectivity index (χ1v) is 5.90. The Morgan fingerprint density at radius 2 is 2.07 bits per heavy atom. The summed E-state index contributed by atoms with van der Waals surface area (Å²) in [5, 5.41) is 9.66. The fourth-order valence-corrected chi connectivity index (χ4v) is 1.64. The molecule has 0 aliphatic rings. The molecule has 0 aromatic rings. The lowest BCUT2D eigenvalue weighted by Gasteiger charge is -2.29. The summed E-state index contributed by atoms with van der Waals surface area (Å²) in [6, 6.07) is 0. The average Bonchev–Trinajstić information content (AvgIpc) is 2.14. The third-order valence-electron chi connectivity index (χ3n) is 2.73. The maximum Gasteiger partial charge on any atom is 0.0810 e. The van der Waals surface area contributed by atoms with Gasteiger partial charge in [-0.2, -0.15) is 0 Å². The smallest absolute Gasteiger partial charge is 0.0810 e. The quantitative estimate of drug-likeness (QED) is 0.628. The molecule has 2 atom stereocenters. The van der Waals surface area contributed by atoms with Crippen LogP contribution in [0.2, 0.25) is 0 Å². The first-order chi connectivity index (χ1) is 6.93. The molecule has 15 heavy (non-hydrogen) atoms. The van der Waals surface area contributed by atoms with E-state index in [-0.39, 0.29) is 5.60 Å². The van der Waals surface area contributed by atoms with Crippen LogP contribution in [0.4, 0.5) is 0 Å². The van der Waals surface area contributed by atoms with Crippen molar-refractivity contribution < 1.29 is 9.84 Å². The lowest BCUT2D eigenvalue weighted by atomic mass is 9.97. The van der Waals surface area contributed by atoms with E-state index in [1.807, 2.05) is 6.92 Å². The van der Waals surface area contributed by atoms with E-state index in [9.17, 15) is 5.11 Å². The van der Waals surface area contributed by atoms with Gasteiger partial charge < -0.3 is 9.84 Å². The van der Waals surface area contributed by atoms with E-state index in [1.165, 1.54) is 0 Å². The van der Waals surface area contributed by atoms with Crippen LogP contribution in [0.5, 0.6) is 0 Å². The molecular formula is C13H26O2. The van der Waals surface area contributed by atoms with Crippen LogP contribution in [0.1, 0.15) is 53.4 Å². The van der Waals surface area contributed by atoms with Crippen molar-refractivity contribution in [2.75, 3.05) is 6.61 Å². The van der Waals surface area contributed by atoms with Crippen molar-refractivity contribution in [2.45, 2.75) is 65.1 Å². The third-order valence-corrected chi connectivity index (χ3v) is 2.73. The molecule has 2 heteroatoms. The summed E-state index contributed by atoms with van der Waals surface area (Å²) in [6.07, 6.45) is 3.36. The van der Waals surface area contributed by atoms with Gasteiger partial charge in [0, 0.05) is 0 Å². The molecule has 0 amide bonds. The lowest BCUT2D eigenvalue weighted by molar-refractivity contribution is -0.0758. The van der Waals surface area contributed by atoms with Crippen molar-refractivity contribution in [3.8, 4) is 0 Å². The zero-order valence-corrected chi connectivity index (χ0v) is 10.7. The molecule has 1 N–H and O–H groups in total. The normalized spacial score (nSPS) is 17.1. The van der Waals surface area contributed by atoms with Gasteiger partial charge in [-0.3, -0.25) is 0 Å². The standard InChI is InChI=1S/C13H26O2/c1-6-8-13(5,7-2)15-10-12(14)9-11(3)4/h12,14H,3,6-10H2,1-2,4-5H3/t12-,13?/m0/s1. The number of rotatable bonds is 8. The average molecular weight is 214 g/mol. The van der Waals surface area contributed by atoms with Crippen molar-refractivity contribution in [1.82, 2.24) is 0 Å². The van der Waals surface area contributed by atoms with Crippen LogP contribution in [-0.2, 0) is 4.74 Å². The fraction of sp³-hybridized carbons (Fsp3) is 0.846. The van der Waals surface area contributed by atoms with Gasteiger partial charge in [0.05, 0.1) is 18.3 Å². The number of aliphatic hydroxyl groups is 1. The van der Waals surface area contributed by atoms with Gasteiger partial charge in [0.15, 0.2) is 0 Å². The minimum Gasteiger partial charge on any atom is -0.390 e. The van der Waals surface area contributed by atoms with Gasteiger partial charge in [-0.1, -0.05) is 25.8 Å². The summed E-state index contributed by atoms with van der Waals surface area (Å²) < 4.78 is 5.79.